The molecule has 0 N–H and O–H groups in total. The first-order valence-electron chi connectivity index (χ1n) is 5.21. The van der Waals surface area contributed by atoms with Crippen molar-refractivity contribution < 1.29 is 0 Å². The van der Waals surface area contributed by atoms with E-state index in [4.69, 9.17) is 0 Å². The quantitative estimate of drug-likeness (QED) is 0.728. The van der Waals surface area contributed by atoms with Crippen molar-refractivity contribution in [2.45, 2.75) is 32.1 Å². The van der Waals surface area contributed by atoms with E-state index in [0.29, 0.717) is 6.04 Å². The van der Waals surface area contributed by atoms with Gasteiger partial charge in [0.15, 0.2) is 0 Å². The van der Waals surface area contributed by atoms with Crippen LogP contribution < -0.4 is 4.90 Å². The lowest BCUT2D eigenvalue weighted by molar-refractivity contribution is 0.702. The van der Waals surface area contributed by atoms with Gasteiger partial charge in [-0.15, -0.1) is 0 Å². The molecule has 3 heteroatoms. The summed E-state index contributed by atoms with van der Waals surface area (Å²) < 4.78 is 1.18. The SMILES string of the molecule is CCN(c1ccc(CBr)cc1Br)C(C)C. The molecule has 0 amide bonds. The second kappa shape index (κ2) is 5.90. The summed E-state index contributed by atoms with van der Waals surface area (Å²) in [5.41, 5.74) is 2.57. The molecule has 0 unspecified atom stereocenters. The molecule has 0 aliphatic rings. The molecule has 0 saturated heterocycles. The highest BCUT2D eigenvalue weighted by atomic mass is 79.9. The number of hydrogen-bond donors (Lipinski definition) is 0. The van der Waals surface area contributed by atoms with Crippen molar-refractivity contribution >= 4 is 37.5 Å². The number of nitrogens with zero attached hydrogens (tertiary/aromatic N) is 1. The van der Waals surface area contributed by atoms with Gasteiger partial charge in [-0.3, -0.25) is 0 Å². The van der Waals surface area contributed by atoms with Gasteiger partial charge < -0.3 is 4.90 Å². The molecule has 0 bridgehead atoms. The normalized spacial score (nSPS) is 10.8. The molecule has 0 aromatic heterocycles. The van der Waals surface area contributed by atoms with Gasteiger partial charge in [0.2, 0.25) is 0 Å². The molecule has 1 aromatic carbocycles. The highest BCUT2D eigenvalue weighted by molar-refractivity contribution is 9.10. The van der Waals surface area contributed by atoms with Crippen molar-refractivity contribution in [3.05, 3.63) is 28.2 Å². The van der Waals surface area contributed by atoms with Crippen LogP contribution in [0.25, 0.3) is 0 Å². The molecule has 0 heterocycles. The molecule has 0 fully saturated rings. The van der Waals surface area contributed by atoms with Gasteiger partial charge >= 0.3 is 0 Å². The Hall–Kier alpha value is -0.0200. The molecular weight excluding hydrogens is 318 g/mol. The number of anilines is 1. The second-order valence-corrected chi connectivity index (χ2v) is 5.21. The summed E-state index contributed by atoms with van der Waals surface area (Å²) in [5.74, 6) is 0. The minimum Gasteiger partial charge on any atom is -0.368 e. The van der Waals surface area contributed by atoms with Crippen LogP contribution >= 0.6 is 31.9 Å². The fourth-order valence-electron chi connectivity index (χ4n) is 1.68. The van der Waals surface area contributed by atoms with E-state index < -0.39 is 0 Å². The topological polar surface area (TPSA) is 3.24 Å². The Kier molecular flexibility index (Phi) is 5.13. The van der Waals surface area contributed by atoms with Gasteiger partial charge in [-0.05, 0) is 54.4 Å². The van der Waals surface area contributed by atoms with E-state index in [1.807, 2.05) is 0 Å². The highest BCUT2D eigenvalue weighted by Crippen LogP contribution is 2.29. The van der Waals surface area contributed by atoms with Gasteiger partial charge in [-0.2, -0.15) is 0 Å². The molecule has 0 spiro atoms. The van der Waals surface area contributed by atoms with Crippen LogP contribution in [0.5, 0.6) is 0 Å². The summed E-state index contributed by atoms with van der Waals surface area (Å²) in [6.07, 6.45) is 0. The molecule has 0 saturated carbocycles. The van der Waals surface area contributed by atoms with E-state index in [-0.39, 0.29) is 0 Å². The lowest BCUT2D eigenvalue weighted by atomic mass is 10.2. The van der Waals surface area contributed by atoms with Crippen LogP contribution in [0, 0.1) is 0 Å². The summed E-state index contributed by atoms with van der Waals surface area (Å²) in [4.78, 5) is 2.38. The third-order valence-corrected chi connectivity index (χ3v) is 3.72. The van der Waals surface area contributed by atoms with E-state index in [0.717, 1.165) is 11.9 Å². The van der Waals surface area contributed by atoms with E-state index >= 15 is 0 Å². The lowest BCUT2D eigenvalue weighted by Crippen LogP contribution is -2.30. The first-order chi connectivity index (χ1) is 7.10. The molecule has 0 radical (unpaired) electrons. The van der Waals surface area contributed by atoms with Gasteiger partial charge in [0, 0.05) is 22.4 Å². The first kappa shape index (κ1) is 13.0. The van der Waals surface area contributed by atoms with E-state index in [2.05, 4.69) is 75.7 Å². The van der Waals surface area contributed by atoms with Crippen LogP contribution in [-0.4, -0.2) is 12.6 Å². The zero-order valence-corrected chi connectivity index (χ0v) is 12.6. The fourth-order valence-corrected chi connectivity index (χ4v) is 2.68. The number of hydrogen-bond acceptors (Lipinski definition) is 1. The van der Waals surface area contributed by atoms with Crippen molar-refractivity contribution in [2.24, 2.45) is 0 Å². The fraction of sp³-hybridized carbons (Fsp3) is 0.500. The van der Waals surface area contributed by atoms with Crippen molar-refractivity contribution in [1.29, 1.82) is 0 Å². The summed E-state index contributed by atoms with van der Waals surface area (Å²) in [7, 11) is 0. The molecule has 0 aliphatic carbocycles. The molecule has 0 aliphatic heterocycles. The summed E-state index contributed by atoms with van der Waals surface area (Å²) in [6.45, 7) is 7.65. The van der Waals surface area contributed by atoms with Crippen LogP contribution in [-0.2, 0) is 5.33 Å². The minimum atomic E-state index is 0.529. The van der Waals surface area contributed by atoms with Crippen LogP contribution in [0.15, 0.2) is 22.7 Å². The minimum absolute atomic E-state index is 0.529. The maximum absolute atomic E-state index is 3.64. The smallest absolute Gasteiger partial charge is 0.0513 e. The Balaban J connectivity index is 3.03. The molecule has 1 rings (SSSR count). The molecule has 0 atom stereocenters. The Morgan fingerprint density at radius 3 is 2.40 bits per heavy atom. The summed E-state index contributed by atoms with van der Waals surface area (Å²) in [5, 5.41) is 0.902. The molecule has 1 aromatic rings. The van der Waals surface area contributed by atoms with Crippen LogP contribution in [0.3, 0.4) is 0 Å². The van der Waals surface area contributed by atoms with Gasteiger partial charge in [-0.1, -0.05) is 22.0 Å². The third kappa shape index (κ3) is 3.22. The average molecular weight is 335 g/mol. The standard InChI is InChI=1S/C12H17Br2N/c1-4-15(9(2)3)12-6-5-10(8-13)7-11(12)14/h5-7,9H,4,8H2,1-3H3. The Morgan fingerprint density at radius 1 is 1.33 bits per heavy atom. The van der Waals surface area contributed by atoms with Gasteiger partial charge in [0.25, 0.3) is 0 Å². The highest BCUT2D eigenvalue weighted by Gasteiger charge is 2.11. The van der Waals surface area contributed by atoms with Crippen molar-refractivity contribution in [2.75, 3.05) is 11.4 Å². The van der Waals surface area contributed by atoms with Crippen LogP contribution in [0.1, 0.15) is 26.3 Å². The molecule has 84 valence electrons. The van der Waals surface area contributed by atoms with Crippen molar-refractivity contribution in [1.82, 2.24) is 0 Å². The van der Waals surface area contributed by atoms with Crippen LogP contribution in [0.2, 0.25) is 0 Å². The predicted octanol–water partition coefficient (Wildman–Crippen LogP) is 4.58. The Bertz CT molecular complexity index is 323. The third-order valence-electron chi connectivity index (χ3n) is 2.44. The maximum atomic E-state index is 3.64. The van der Waals surface area contributed by atoms with E-state index in [9.17, 15) is 0 Å². The Morgan fingerprint density at radius 2 is 2.00 bits per heavy atom. The van der Waals surface area contributed by atoms with Gasteiger partial charge in [-0.25, -0.2) is 0 Å². The number of rotatable bonds is 4. The number of halogens is 2. The molecule has 1 nitrogen and oxygen atoms in total. The van der Waals surface area contributed by atoms with Gasteiger partial charge in [0.1, 0.15) is 0 Å². The second-order valence-electron chi connectivity index (χ2n) is 3.80. The van der Waals surface area contributed by atoms with Crippen molar-refractivity contribution in [3.8, 4) is 0 Å². The maximum Gasteiger partial charge on any atom is 0.0513 e. The van der Waals surface area contributed by atoms with E-state index in [1.54, 1.807) is 0 Å². The van der Waals surface area contributed by atoms with Crippen LogP contribution in [0.4, 0.5) is 5.69 Å². The number of benzene rings is 1. The first-order valence-corrected chi connectivity index (χ1v) is 7.12. The largest absolute Gasteiger partial charge is 0.368 e. The average Bonchev–Trinajstić information content (AvgIpc) is 2.20. The zero-order chi connectivity index (χ0) is 11.4. The molecule has 15 heavy (non-hydrogen) atoms. The summed E-state index contributed by atoms with van der Waals surface area (Å²) in [6, 6.07) is 7.06. The summed E-state index contributed by atoms with van der Waals surface area (Å²) >= 11 is 7.10. The van der Waals surface area contributed by atoms with Crippen molar-refractivity contribution in [3.63, 3.8) is 0 Å². The Labute approximate surface area is 109 Å². The number of alkyl halides is 1. The van der Waals surface area contributed by atoms with Gasteiger partial charge in [0.05, 0.1) is 5.69 Å². The zero-order valence-electron chi connectivity index (χ0n) is 9.43. The lowest BCUT2D eigenvalue weighted by Gasteiger charge is -2.28. The van der Waals surface area contributed by atoms with E-state index in [1.165, 1.54) is 15.7 Å². The predicted molar refractivity (Wildman–Crippen MR) is 74.9 cm³/mol. The molecular formula is C12H17Br2N. The monoisotopic (exact) mass is 333 g/mol.